The number of allylic oxidation sites excluding steroid dienone is 1. The van der Waals surface area contributed by atoms with E-state index in [0.717, 1.165) is 6.42 Å². The van der Waals surface area contributed by atoms with Crippen LogP contribution in [-0.2, 0) is 11.2 Å². The van der Waals surface area contributed by atoms with Crippen LogP contribution in [0.2, 0.25) is 0 Å². The Kier molecular flexibility index (Phi) is 4.48. The second-order valence-corrected chi connectivity index (χ2v) is 3.10. The van der Waals surface area contributed by atoms with Gasteiger partial charge in [-0.25, -0.2) is 0 Å². The van der Waals surface area contributed by atoms with Gasteiger partial charge in [-0.3, -0.25) is 4.79 Å². The number of nitrogens with one attached hydrogen (secondary N) is 1. The fraction of sp³-hybridized carbons (Fsp3) is 0.250. The topological polar surface area (TPSA) is 29.1 Å². The molecule has 0 saturated heterocycles. The molecule has 1 N–H and O–H groups in total. The minimum absolute atomic E-state index is 0.00867. The summed E-state index contributed by atoms with van der Waals surface area (Å²) in [6.07, 6.45) is 4.94. The van der Waals surface area contributed by atoms with Crippen molar-refractivity contribution in [2.24, 2.45) is 0 Å². The van der Waals surface area contributed by atoms with Gasteiger partial charge in [0.1, 0.15) is 0 Å². The summed E-state index contributed by atoms with van der Waals surface area (Å²) in [6, 6.07) is 10.2. The number of rotatable bonds is 4. The molecule has 14 heavy (non-hydrogen) atoms. The van der Waals surface area contributed by atoms with Crippen LogP contribution >= 0.6 is 0 Å². The molecule has 0 atom stereocenters. The van der Waals surface area contributed by atoms with Gasteiger partial charge in [0.05, 0.1) is 0 Å². The molecule has 2 heteroatoms. The monoisotopic (exact) mass is 189 g/mol. The molecule has 2 nitrogen and oxygen atoms in total. The van der Waals surface area contributed by atoms with Gasteiger partial charge in [0.25, 0.3) is 0 Å². The Hall–Kier alpha value is -1.57. The molecule has 0 aliphatic carbocycles. The van der Waals surface area contributed by atoms with Gasteiger partial charge in [-0.2, -0.15) is 0 Å². The molecule has 0 radical (unpaired) electrons. The van der Waals surface area contributed by atoms with Gasteiger partial charge in [0, 0.05) is 13.5 Å². The summed E-state index contributed by atoms with van der Waals surface area (Å²) in [4.78, 5) is 10.5. The van der Waals surface area contributed by atoms with E-state index in [0.29, 0.717) is 6.54 Å². The van der Waals surface area contributed by atoms with Crippen molar-refractivity contribution >= 4 is 5.91 Å². The normalized spacial score (nSPS) is 10.4. The van der Waals surface area contributed by atoms with Gasteiger partial charge in [0.2, 0.25) is 5.91 Å². The van der Waals surface area contributed by atoms with Crippen LogP contribution in [0.1, 0.15) is 12.5 Å². The predicted octanol–water partition coefficient (Wildman–Crippen LogP) is 1.92. The molecular weight excluding hydrogens is 174 g/mol. The van der Waals surface area contributed by atoms with E-state index in [1.807, 2.05) is 24.3 Å². The Morgan fingerprint density at radius 1 is 1.29 bits per heavy atom. The highest BCUT2D eigenvalue weighted by Crippen LogP contribution is 1.99. The average Bonchev–Trinajstić information content (AvgIpc) is 2.18. The fourth-order valence-corrected chi connectivity index (χ4v) is 1.12. The highest BCUT2D eigenvalue weighted by molar-refractivity contribution is 5.72. The predicted molar refractivity (Wildman–Crippen MR) is 58.0 cm³/mol. The number of carbonyl (C=O) groups is 1. The Bertz CT molecular complexity index is 303. The van der Waals surface area contributed by atoms with Crippen molar-refractivity contribution in [3.63, 3.8) is 0 Å². The first kappa shape index (κ1) is 10.5. The van der Waals surface area contributed by atoms with Crippen LogP contribution < -0.4 is 5.32 Å². The summed E-state index contributed by atoms with van der Waals surface area (Å²) in [6.45, 7) is 2.13. The van der Waals surface area contributed by atoms with Gasteiger partial charge in [0.15, 0.2) is 0 Å². The van der Waals surface area contributed by atoms with E-state index in [9.17, 15) is 4.79 Å². The third-order valence-electron chi connectivity index (χ3n) is 1.83. The lowest BCUT2D eigenvalue weighted by molar-refractivity contribution is -0.118. The lowest BCUT2D eigenvalue weighted by Crippen LogP contribution is -2.19. The number of benzene rings is 1. The van der Waals surface area contributed by atoms with Crippen molar-refractivity contribution in [2.45, 2.75) is 13.3 Å². The lowest BCUT2D eigenvalue weighted by atomic mass is 10.1. The lowest BCUT2D eigenvalue weighted by Gasteiger charge is -1.96. The summed E-state index contributed by atoms with van der Waals surface area (Å²) in [7, 11) is 0. The van der Waals surface area contributed by atoms with E-state index in [1.165, 1.54) is 12.5 Å². The minimum Gasteiger partial charge on any atom is -0.353 e. The zero-order chi connectivity index (χ0) is 10.2. The minimum atomic E-state index is 0.00867. The van der Waals surface area contributed by atoms with Gasteiger partial charge < -0.3 is 5.32 Å². The van der Waals surface area contributed by atoms with Gasteiger partial charge in [-0.15, -0.1) is 0 Å². The second kappa shape index (κ2) is 5.97. The van der Waals surface area contributed by atoms with Crippen LogP contribution in [0.5, 0.6) is 0 Å². The standard InChI is InChI=1S/C12H15NO/c1-11(14)13-10-6-5-9-12-7-3-2-4-8-12/h2-8H,9-10H2,1H3,(H,13,14)/b6-5+. The van der Waals surface area contributed by atoms with Crippen molar-refractivity contribution < 1.29 is 4.79 Å². The molecule has 1 aromatic rings. The molecule has 1 aromatic carbocycles. The van der Waals surface area contributed by atoms with E-state index in [2.05, 4.69) is 23.5 Å². The van der Waals surface area contributed by atoms with Crippen molar-refractivity contribution in [1.29, 1.82) is 0 Å². The Morgan fingerprint density at radius 2 is 2.00 bits per heavy atom. The molecule has 0 spiro atoms. The fourth-order valence-electron chi connectivity index (χ4n) is 1.12. The van der Waals surface area contributed by atoms with Crippen LogP contribution in [-0.4, -0.2) is 12.5 Å². The van der Waals surface area contributed by atoms with Crippen LogP contribution in [0, 0.1) is 0 Å². The first-order valence-corrected chi connectivity index (χ1v) is 4.72. The summed E-state index contributed by atoms with van der Waals surface area (Å²) < 4.78 is 0. The van der Waals surface area contributed by atoms with Crippen LogP contribution in [0.4, 0.5) is 0 Å². The molecule has 1 rings (SSSR count). The maximum atomic E-state index is 10.5. The number of hydrogen-bond acceptors (Lipinski definition) is 1. The summed E-state index contributed by atoms with van der Waals surface area (Å²) in [5, 5.41) is 2.71. The maximum Gasteiger partial charge on any atom is 0.217 e. The number of hydrogen-bond donors (Lipinski definition) is 1. The largest absolute Gasteiger partial charge is 0.353 e. The first-order chi connectivity index (χ1) is 6.79. The van der Waals surface area contributed by atoms with Gasteiger partial charge in [-0.05, 0) is 12.0 Å². The molecule has 0 aliphatic rings. The third kappa shape index (κ3) is 4.45. The molecule has 0 saturated carbocycles. The molecule has 0 fully saturated rings. The molecule has 0 aliphatic heterocycles. The molecule has 0 heterocycles. The zero-order valence-corrected chi connectivity index (χ0v) is 8.36. The first-order valence-electron chi connectivity index (χ1n) is 4.72. The van der Waals surface area contributed by atoms with E-state index in [-0.39, 0.29) is 5.91 Å². The van der Waals surface area contributed by atoms with Crippen molar-refractivity contribution in [2.75, 3.05) is 6.54 Å². The molecular formula is C12H15NO. The van der Waals surface area contributed by atoms with E-state index in [1.54, 1.807) is 0 Å². The molecule has 0 aromatic heterocycles. The Balaban J connectivity index is 2.24. The van der Waals surface area contributed by atoms with Crippen LogP contribution in [0.25, 0.3) is 0 Å². The van der Waals surface area contributed by atoms with Gasteiger partial charge in [-0.1, -0.05) is 42.5 Å². The smallest absolute Gasteiger partial charge is 0.217 e. The SMILES string of the molecule is CC(=O)NC/C=C/Cc1ccccc1. The number of amides is 1. The summed E-state index contributed by atoms with van der Waals surface area (Å²) in [5.74, 6) is 0.00867. The van der Waals surface area contributed by atoms with E-state index >= 15 is 0 Å². The zero-order valence-electron chi connectivity index (χ0n) is 8.36. The van der Waals surface area contributed by atoms with Crippen LogP contribution in [0.3, 0.4) is 0 Å². The molecule has 74 valence electrons. The van der Waals surface area contributed by atoms with E-state index < -0.39 is 0 Å². The third-order valence-corrected chi connectivity index (χ3v) is 1.83. The number of carbonyl (C=O) groups excluding carboxylic acids is 1. The van der Waals surface area contributed by atoms with E-state index in [4.69, 9.17) is 0 Å². The highest BCUT2D eigenvalue weighted by atomic mass is 16.1. The highest BCUT2D eigenvalue weighted by Gasteiger charge is 1.86. The summed E-state index contributed by atoms with van der Waals surface area (Å²) in [5.41, 5.74) is 1.28. The summed E-state index contributed by atoms with van der Waals surface area (Å²) >= 11 is 0. The Labute approximate surface area is 84.6 Å². The average molecular weight is 189 g/mol. The van der Waals surface area contributed by atoms with Crippen molar-refractivity contribution in [1.82, 2.24) is 5.32 Å². The maximum absolute atomic E-state index is 10.5. The second-order valence-electron chi connectivity index (χ2n) is 3.10. The van der Waals surface area contributed by atoms with Crippen molar-refractivity contribution in [3.8, 4) is 0 Å². The molecule has 0 unspecified atom stereocenters. The van der Waals surface area contributed by atoms with Crippen molar-refractivity contribution in [3.05, 3.63) is 48.0 Å². The quantitative estimate of drug-likeness (QED) is 0.720. The van der Waals surface area contributed by atoms with Crippen LogP contribution in [0.15, 0.2) is 42.5 Å². The Morgan fingerprint density at radius 3 is 2.64 bits per heavy atom. The molecule has 0 bridgehead atoms. The van der Waals surface area contributed by atoms with Gasteiger partial charge >= 0.3 is 0 Å². The molecule has 1 amide bonds.